The van der Waals surface area contributed by atoms with Crippen molar-refractivity contribution >= 4 is 17.8 Å². The SMILES string of the molecule is COC(=O)C(C)Oc1cc(C)c2c(c1)O/C(=C\c1cccc(F)c1)C2=O. The molecule has 0 fully saturated rings. The van der Waals surface area contributed by atoms with Crippen LogP contribution in [0.25, 0.3) is 6.08 Å². The number of benzene rings is 2. The van der Waals surface area contributed by atoms with Gasteiger partial charge in [-0.3, -0.25) is 4.79 Å². The zero-order valence-electron chi connectivity index (χ0n) is 14.5. The summed E-state index contributed by atoms with van der Waals surface area (Å²) in [6.45, 7) is 3.32. The number of aryl methyl sites for hydroxylation is 1. The third-order valence-corrected chi connectivity index (χ3v) is 3.94. The van der Waals surface area contributed by atoms with Crippen molar-refractivity contribution in [3.05, 3.63) is 64.7 Å². The number of carbonyl (C=O) groups is 2. The Morgan fingerprint density at radius 3 is 2.73 bits per heavy atom. The first kappa shape index (κ1) is 17.7. The lowest BCUT2D eigenvalue weighted by Crippen LogP contribution is -2.24. The average Bonchev–Trinajstić information content (AvgIpc) is 2.90. The number of Topliss-reactive ketones (excluding diaryl/α,β-unsaturated/α-hetero) is 1. The van der Waals surface area contributed by atoms with Crippen LogP contribution in [0.15, 0.2) is 42.2 Å². The van der Waals surface area contributed by atoms with Crippen molar-refractivity contribution in [2.24, 2.45) is 0 Å². The molecule has 1 heterocycles. The van der Waals surface area contributed by atoms with Crippen LogP contribution in [0.2, 0.25) is 0 Å². The number of methoxy groups -OCH3 is 1. The molecule has 1 aliphatic heterocycles. The molecule has 2 aromatic rings. The van der Waals surface area contributed by atoms with E-state index in [0.29, 0.717) is 28.2 Å². The summed E-state index contributed by atoms with van der Waals surface area (Å²) in [5.41, 5.74) is 1.60. The fraction of sp³-hybridized carbons (Fsp3) is 0.200. The van der Waals surface area contributed by atoms with E-state index >= 15 is 0 Å². The Kier molecular flexibility index (Phi) is 4.75. The molecule has 5 nitrogen and oxygen atoms in total. The van der Waals surface area contributed by atoms with E-state index in [2.05, 4.69) is 4.74 Å². The van der Waals surface area contributed by atoms with Gasteiger partial charge in [0.2, 0.25) is 5.78 Å². The predicted octanol–water partition coefficient (Wildman–Crippen LogP) is 3.69. The van der Waals surface area contributed by atoms with Gasteiger partial charge in [0.15, 0.2) is 11.9 Å². The smallest absolute Gasteiger partial charge is 0.346 e. The summed E-state index contributed by atoms with van der Waals surface area (Å²) in [6.07, 6.45) is 0.694. The maximum absolute atomic E-state index is 13.3. The summed E-state index contributed by atoms with van der Waals surface area (Å²) in [4.78, 5) is 24.1. The highest BCUT2D eigenvalue weighted by atomic mass is 19.1. The molecular formula is C20H17FO5. The Hall–Kier alpha value is -3.15. The minimum absolute atomic E-state index is 0.104. The Morgan fingerprint density at radius 2 is 2.04 bits per heavy atom. The van der Waals surface area contributed by atoms with Gasteiger partial charge >= 0.3 is 5.97 Å². The molecule has 0 bridgehead atoms. The molecule has 1 unspecified atom stereocenters. The highest BCUT2D eigenvalue weighted by Crippen LogP contribution is 2.37. The average molecular weight is 356 g/mol. The summed E-state index contributed by atoms with van der Waals surface area (Å²) < 4.78 is 29.1. The van der Waals surface area contributed by atoms with Crippen LogP contribution in [0.5, 0.6) is 11.5 Å². The van der Waals surface area contributed by atoms with Gasteiger partial charge in [-0.25, -0.2) is 9.18 Å². The van der Waals surface area contributed by atoms with Crippen LogP contribution in [0.3, 0.4) is 0 Å². The van der Waals surface area contributed by atoms with Crippen molar-refractivity contribution in [2.75, 3.05) is 7.11 Å². The van der Waals surface area contributed by atoms with Gasteiger partial charge in [0.1, 0.15) is 17.3 Å². The van der Waals surface area contributed by atoms with E-state index in [0.717, 1.165) is 0 Å². The Bertz CT molecular complexity index is 916. The van der Waals surface area contributed by atoms with Gasteiger partial charge in [0, 0.05) is 6.07 Å². The van der Waals surface area contributed by atoms with Crippen LogP contribution < -0.4 is 9.47 Å². The van der Waals surface area contributed by atoms with Gasteiger partial charge in [-0.05, 0) is 49.2 Å². The van der Waals surface area contributed by atoms with Crippen molar-refractivity contribution in [1.82, 2.24) is 0 Å². The zero-order valence-corrected chi connectivity index (χ0v) is 14.5. The van der Waals surface area contributed by atoms with Gasteiger partial charge in [0.05, 0.1) is 12.7 Å². The third kappa shape index (κ3) is 3.44. The molecule has 2 aromatic carbocycles. The molecule has 0 saturated heterocycles. The molecule has 134 valence electrons. The summed E-state index contributed by atoms with van der Waals surface area (Å²) in [7, 11) is 1.28. The molecule has 0 aromatic heterocycles. The molecule has 0 aliphatic carbocycles. The second kappa shape index (κ2) is 7.00. The zero-order chi connectivity index (χ0) is 18.8. The van der Waals surface area contributed by atoms with E-state index < -0.39 is 17.9 Å². The predicted molar refractivity (Wildman–Crippen MR) is 92.6 cm³/mol. The Morgan fingerprint density at radius 1 is 1.27 bits per heavy atom. The number of carbonyl (C=O) groups excluding carboxylic acids is 2. The van der Waals surface area contributed by atoms with Crippen LogP contribution in [0.1, 0.15) is 28.4 Å². The first-order valence-corrected chi connectivity index (χ1v) is 7.98. The van der Waals surface area contributed by atoms with E-state index in [1.807, 2.05) is 0 Å². The summed E-state index contributed by atoms with van der Waals surface area (Å²) in [5, 5.41) is 0. The highest BCUT2D eigenvalue weighted by molar-refractivity contribution is 6.15. The first-order valence-electron chi connectivity index (χ1n) is 7.98. The van der Waals surface area contributed by atoms with E-state index in [4.69, 9.17) is 9.47 Å². The number of hydrogen-bond acceptors (Lipinski definition) is 5. The normalized spacial score (nSPS) is 15.4. The number of rotatable bonds is 4. The molecule has 26 heavy (non-hydrogen) atoms. The van der Waals surface area contributed by atoms with E-state index in [-0.39, 0.29) is 11.5 Å². The van der Waals surface area contributed by atoms with E-state index in [9.17, 15) is 14.0 Å². The number of ketones is 1. The molecule has 0 N–H and O–H groups in total. The van der Waals surface area contributed by atoms with Crippen LogP contribution in [-0.2, 0) is 9.53 Å². The number of hydrogen-bond donors (Lipinski definition) is 0. The highest BCUT2D eigenvalue weighted by Gasteiger charge is 2.30. The second-order valence-electron chi connectivity index (χ2n) is 5.89. The topological polar surface area (TPSA) is 61.8 Å². The molecule has 0 radical (unpaired) electrons. The molecule has 6 heteroatoms. The minimum atomic E-state index is -0.795. The lowest BCUT2D eigenvalue weighted by Gasteiger charge is -2.13. The Balaban J connectivity index is 1.90. The van der Waals surface area contributed by atoms with Crippen LogP contribution >= 0.6 is 0 Å². The van der Waals surface area contributed by atoms with Crippen molar-refractivity contribution in [3.8, 4) is 11.5 Å². The molecule has 1 aliphatic rings. The first-order chi connectivity index (χ1) is 12.4. The lowest BCUT2D eigenvalue weighted by molar-refractivity contribution is -0.147. The number of allylic oxidation sites excluding steroid dienone is 1. The van der Waals surface area contributed by atoms with Crippen molar-refractivity contribution in [1.29, 1.82) is 0 Å². The number of esters is 1. The van der Waals surface area contributed by atoms with Gasteiger partial charge in [-0.2, -0.15) is 0 Å². The van der Waals surface area contributed by atoms with Gasteiger partial charge in [0.25, 0.3) is 0 Å². The second-order valence-corrected chi connectivity index (χ2v) is 5.89. The summed E-state index contributed by atoms with van der Waals surface area (Å²) >= 11 is 0. The van der Waals surface area contributed by atoms with E-state index in [1.54, 1.807) is 38.1 Å². The van der Waals surface area contributed by atoms with Crippen molar-refractivity contribution in [3.63, 3.8) is 0 Å². The number of ether oxygens (including phenoxy) is 3. The molecule has 0 spiro atoms. The Labute approximate surface area is 150 Å². The third-order valence-electron chi connectivity index (χ3n) is 3.94. The maximum atomic E-state index is 13.3. The van der Waals surface area contributed by atoms with Crippen molar-refractivity contribution in [2.45, 2.75) is 20.0 Å². The van der Waals surface area contributed by atoms with Crippen LogP contribution in [0, 0.1) is 12.7 Å². The maximum Gasteiger partial charge on any atom is 0.346 e. The number of fused-ring (bicyclic) bond motifs is 1. The fourth-order valence-electron chi connectivity index (χ4n) is 2.71. The fourth-order valence-corrected chi connectivity index (χ4v) is 2.71. The quantitative estimate of drug-likeness (QED) is 0.618. The van der Waals surface area contributed by atoms with Crippen LogP contribution in [-0.4, -0.2) is 25.0 Å². The lowest BCUT2D eigenvalue weighted by atomic mass is 10.0. The molecule has 0 saturated carbocycles. The van der Waals surface area contributed by atoms with Gasteiger partial charge in [-0.15, -0.1) is 0 Å². The summed E-state index contributed by atoms with van der Waals surface area (Å²) in [6, 6.07) is 9.07. The van der Waals surface area contributed by atoms with Crippen LogP contribution in [0.4, 0.5) is 4.39 Å². The summed E-state index contributed by atoms with van der Waals surface area (Å²) in [5.74, 6) is -0.359. The van der Waals surface area contributed by atoms with E-state index in [1.165, 1.54) is 25.3 Å². The minimum Gasteiger partial charge on any atom is -0.479 e. The van der Waals surface area contributed by atoms with Crippen molar-refractivity contribution < 1.29 is 28.2 Å². The molecular weight excluding hydrogens is 339 g/mol. The van der Waals surface area contributed by atoms with Gasteiger partial charge < -0.3 is 14.2 Å². The largest absolute Gasteiger partial charge is 0.479 e. The molecule has 1 atom stereocenters. The molecule has 3 rings (SSSR count). The van der Waals surface area contributed by atoms with Gasteiger partial charge in [-0.1, -0.05) is 12.1 Å². The standard InChI is InChI=1S/C20H17FO5/c1-11-7-15(25-12(2)20(23)24-3)10-16-18(11)19(22)17(26-16)9-13-5-4-6-14(21)8-13/h4-10,12H,1-3H3/b17-9-. The number of halogens is 1. The molecule has 0 amide bonds. The monoisotopic (exact) mass is 356 g/mol.